The molecule has 0 unspecified atom stereocenters. The van der Waals surface area contributed by atoms with Crippen LogP contribution in [-0.2, 0) is 20.0 Å². The summed E-state index contributed by atoms with van der Waals surface area (Å²) in [4.78, 5) is 0. The average molecular weight is 333 g/mol. The molecule has 0 saturated carbocycles. The van der Waals surface area contributed by atoms with Crippen molar-refractivity contribution in [2.24, 2.45) is 0 Å². The first-order valence-electron chi connectivity index (χ1n) is 5.76. The molecule has 0 spiro atoms. The molecule has 3 nitrogen and oxygen atoms in total. The molecule has 0 aliphatic carbocycles. The zero-order chi connectivity index (χ0) is 14.5. The Morgan fingerprint density at radius 3 is 2.42 bits per heavy atom. The highest BCUT2D eigenvalue weighted by atomic mass is 79.9. The predicted octanol–water partition coefficient (Wildman–Crippen LogP) is 3.97. The van der Waals surface area contributed by atoms with Crippen LogP contribution in [0, 0.1) is 5.82 Å². The molecule has 1 aromatic rings. The first-order valence-corrected chi connectivity index (χ1v) is 6.56. The summed E-state index contributed by atoms with van der Waals surface area (Å²) in [6.07, 6.45) is 1.08. The van der Waals surface area contributed by atoms with Crippen molar-refractivity contribution in [3.8, 4) is 0 Å². The maximum atomic E-state index is 13.2. The minimum atomic E-state index is -0.964. The number of halogens is 2. The summed E-state index contributed by atoms with van der Waals surface area (Å²) in [5, 5.41) is 0. The van der Waals surface area contributed by atoms with Gasteiger partial charge in [-0.15, -0.1) is 0 Å². The molecule has 1 rings (SSSR count). The molecule has 0 amide bonds. The predicted molar refractivity (Wildman–Crippen MR) is 75.2 cm³/mol. The Bertz CT molecular complexity index is 444. The molecule has 0 N–H and O–H groups in total. The molecular weight excluding hydrogens is 315 g/mol. The maximum absolute atomic E-state index is 13.2. The van der Waals surface area contributed by atoms with Gasteiger partial charge in [0.05, 0.1) is 12.9 Å². The second-order valence-electron chi connectivity index (χ2n) is 4.03. The number of allylic oxidation sites excluding steroid dienone is 1. The third-order valence-electron chi connectivity index (χ3n) is 3.02. The Morgan fingerprint density at radius 2 is 1.95 bits per heavy atom. The Morgan fingerprint density at radius 1 is 1.32 bits per heavy atom. The Labute approximate surface area is 121 Å². The van der Waals surface area contributed by atoms with Crippen molar-refractivity contribution in [2.75, 3.05) is 21.3 Å². The van der Waals surface area contributed by atoms with E-state index in [4.69, 9.17) is 14.2 Å². The first kappa shape index (κ1) is 16.1. The van der Waals surface area contributed by atoms with Crippen molar-refractivity contribution in [3.63, 3.8) is 0 Å². The minimum Gasteiger partial charge on any atom is -0.502 e. The highest BCUT2D eigenvalue weighted by Crippen LogP contribution is 2.37. The molecule has 0 heterocycles. The molecule has 0 atom stereocenters. The number of methoxy groups -OCH3 is 3. The lowest BCUT2D eigenvalue weighted by atomic mass is 9.99. The van der Waals surface area contributed by atoms with E-state index in [-0.39, 0.29) is 5.82 Å². The molecule has 0 aliphatic rings. The monoisotopic (exact) mass is 332 g/mol. The van der Waals surface area contributed by atoms with Crippen LogP contribution in [0.15, 0.2) is 35.0 Å². The molecule has 0 saturated heterocycles. The molecule has 1 aromatic carbocycles. The zero-order valence-electron chi connectivity index (χ0n) is 11.3. The third-order valence-corrected chi connectivity index (χ3v) is 3.68. The molecular formula is C14H18BrFO3. The summed E-state index contributed by atoms with van der Waals surface area (Å²) in [7, 11) is 4.67. The Balaban J connectivity index is 3.06. The zero-order valence-corrected chi connectivity index (χ0v) is 12.9. The van der Waals surface area contributed by atoms with Gasteiger partial charge in [0.2, 0.25) is 0 Å². The van der Waals surface area contributed by atoms with E-state index in [9.17, 15) is 4.39 Å². The van der Waals surface area contributed by atoms with Crippen LogP contribution in [0.4, 0.5) is 4.39 Å². The van der Waals surface area contributed by atoms with Crippen LogP contribution in [0.3, 0.4) is 0 Å². The molecule has 106 valence electrons. The summed E-state index contributed by atoms with van der Waals surface area (Å²) in [6.45, 7) is 3.77. The fourth-order valence-electron chi connectivity index (χ4n) is 1.85. The van der Waals surface area contributed by atoms with Gasteiger partial charge in [0.25, 0.3) is 0 Å². The lowest BCUT2D eigenvalue weighted by molar-refractivity contribution is -0.221. The summed E-state index contributed by atoms with van der Waals surface area (Å²) in [5.41, 5.74) is 0.725. The standard InChI is InChI=1S/C14H18BrFO3/c1-10(17-2)7-8-14(18-3,19-4)12-6-5-11(16)9-13(12)15/h5-6,9H,1,7-8H2,2-4H3. The normalized spacial score (nSPS) is 11.4. The van der Waals surface area contributed by atoms with E-state index < -0.39 is 5.79 Å². The Kier molecular flexibility index (Phi) is 5.97. The van der Waals surface area contributed by atoms with Crippen molar-refractivity contribution in [1.82, 2.24) is 0 Å². The smallest absolute Gasteiger partial charge is 0.195 e. The van der Waals surface area contributed by atoms with Gasteiger partial charge in [-0.3, -0.25) is 0 Å². The van der Waals surface area contributed by atoms with Crippen LogP contribution in [0.5, 0.6) is 0 Å². The maximum Gasteiger partial charge on any atom is 0.195 e. The van der Waals surface area contributed by atoms with Gasteiger partial charge in [-0.1, -0.05) is 22.5 Å². The van der Waals surface area contributed by atoms with Crippen LogP contribution < -0.4 is 0 Å². The molecule has 0 aliphatic heterocycles. The van der Waals surface area contributed by atoms with Gasteiger partial charge in [-0.05, 0) is 18.2 Å². The SMILES string of the molecule is C=C(CCC(OC)(OC)c1ccc(F)cc1Br)OC. The van der Waals surface area contributed by atoms with Gasteiger partial charge < -0.3 is 14.2 Å². The van der Waals surface area contributed by atoms with Gasteiger partial charge in [-0.25, -0.2) is 4.39 Å². The van der Waals surface area contributed by atoms with Gasteiger partial charge in [0.15, 0.2) is 5.79 Å². The summed E-state index contributed by atoms with van der Waals surface area (Å²) < 4.78 is 29.8. The van der Waals surface area contributed by atoms with Gasteiger partial charge >= 0.3 is 0 Å². The summed E-state index contributed by atoms with van der Waals surface area (Å²) in [5.74, 6) is -0.650. The van der Waals surface area contributed by atoms with Crippen molar-refractivity contribution in [2.45, 2.75) is 18.6 Å². The highest BCUT2D eigenvalue weighted by Gasteiger charge is 2.34. The van der Waals surface area contributed by atoms with E-state index in [0.29, 0.717) is 23.1 Å². The highest BCUT2D eigenvalue weighted by molar-refractivity contribution is 9.10. The third kappa shape index (κ3) is 3.78. The van der Waals surface area contributed by atoms with Crippen molar-refractivity contribution in [1.29, 1.82) is 0 Å². The van der Waals surface area contributed by atoms with Gasteiger partial charge in [-0.2, -0.15) is 0 Å². The lowest BCUT2D eigenvalue weighted by Crippen LogP contribution is -2.31. The van der Waals surface area contributed by atoms with Crippen LogP contribution >= 0.6 is 15.9 Å². The molecule has 5 heteroatoms. The van der Waals surface area contributed by atoms with E-state index in [0.717, 1.165) is 5.56 Å². The number of rotatable bonds is 7. The molecule has 19 heavy (non-hydrogen) atoms. The van der Waals surface area contributed by atoms with Gasteiger partial charge in [0, 0.05) is 37.1 Å². The Hall–Kier alpha value is -0.910. The number of benzene rings is 1. The van der Waals surface area contributed by atoms with Crippen molar-refractivity contribution in [3.05, 3.63) is 46.4 Å². The quantitative estimate of drug-likeness (QED) is 0.558. The molecule has 0 radical (unpaired) electrons. The average Bonchev–Trinajstić information content (AvgIpc) is 2.41. The van der Waals surface area contributed by atoms with Gasteiger partial charge in [0.1, 0.15) is 5.82 Å². The fraction of sp³-hybridized carbons (Fsp3) is 0.429. The first-order chi connectivity index (χ1) is 8.99. The molecule has 0 aromatic heterocycles. The number of ether oxygens (including phenoxy) is 3. The van der Waals surface area contributed by atoms with Crippen molar-refractivity contribution >= 4 is 15.9 Å². The second-order valence-corrected chi connectivity index (χ2v) is 4.88. The van der Waals surface area contributed by atoms with Crippen molar-refractivity contribution < 1.29 is 18.6 Å². The van der Waals surface area contributed by atoms with E-state index in [1.54, 1.807) is 27.4 Å². The van der Waals surface area contributed by atoms with Crippen LogP contribution in [0.1, 0.15) is 18.4 Å². The fourth-order valence-corrected chi connectivity index (χ4v) is 2.50. The summed E-state index contributed by atoms with van der Waals surface area (Å²) >= 11 is 3.34. The van der Waals surface area contributed by atoms with E-state index in [1.807, 2.05) is 0 Å². The lowest BCUT2D eigenvalue weighted by Gasteiger charge is -2.32. The van der Waals surface area contributed by atoms with E-state index in [1.165, 1.54) is 12.1 Å². The molecule has 0 bridgehead atoms. The largest absolute Gasteiger partial charge is 0.502 e. The number of hydrogen-bond acceptors (Lipinski definition) is 3. The van der Waals surface area contributed by atoms with E-state index >= 15 is 0 Å². The minimum absolute atomic E-state index is 0.321. The van der Waals surface area contributed by atoms with Crippen LogP contribution in [0.25, 0.3) is 0 Å². The number of hydrogen-bond donors (Lipinski definition) is 0. The van der Waals surface area contributed by atoms with Crippen LogP contribution in [0.2, 0.25) is 0 Å². The topological polar surface area (TPSA) is 27.7 Å². The van der Waals surface area contributed by atoms with E-state index in [2.05, 4.69) is 22.5 Å². The summed E-state index contributed by atoms with van der Waals surface area (Å²) in [6, 6.07) is 4.40. The molecule has 0 fully saturated rings. The second kappa shape index (κ2) is 7.03. The van der Waals surface area contributed by atoms with Crippen LogP contribution in [-0.4, -0.2) is 21.3 Å².